The molecule has 3 aromatic rings. The Bertz CT molecular complexity index is 1160. The van der Waals surface area contributed by atoms with Crippen molar-refractivity contribution in [3.63, 3.8) is 0 Å². The van der Waals surface area contributed by atoms with Crippen molar-refractivity contribution in [3.05, 3.63) is 46.5 Å². The Hall–Kier alpha value is -3.40. The van der Waals surface area contributed by atoms with Gasteiger partial charge in [-0.2, -0.15) is 10.2 Å². The fourth-order valence-electron chi connectivity index (χ4n) is 3.96. The number of pyridine rings is 1. The first-order chi connectivity index (χ1) is 15.9. The molecule has 0 bridgehead atoms. The lowest BCUT2D eigenvalue weighted by molar-refractivity contribution is -0.126. The number of nitrogens with zero attached hydrogens (tertiary/aromatic N) is 5. The van der Waals surface area contributed by atoms with Crippen molar-refractivity contribution < 1.29 is 14.3 Å². The molecule has 1 aliphatic rings. The van der Waals surface area contributed by atoms with Gasteiger partial charge in [0, 0.05) is 56.0 Å². The average molecular weight is 472 g/mol. The van der Waals surface area contributed by atoms with Gasteiger partial charge in [0.25, 0.3) is 5.91 Å². The first kappa shape index (κ1) is 22.8. The average Bonchev–Trinajstić information content (AvgIpc) is 3.43. The minimum absolute atomic E-state index is 0.00804. The fourth-order valence-corrected chi connectivity index (χ4v) is 4.17. The van der Waals surface area contributed by atoms with Gasteiger partial charge in [-0.15, -0.1) is 0 Å². The molecule has 1 saturated heterocycles. The maximum atomic E-state index is 12.9. The third kappa shape index (κ3) is 5.00. The number of methoxy groups -OCH3 is 1. The zero-order valence-corrected chi connectivity index (χ0v) is 19.5. The van der Waals surface area contributed by atoms with Crippen LogP contribution in [0, 0.1) is 12.8 Å². The molecule has 4 heterocycles. The summed E-state index contributed by atoms with van der Waals surface area (Å²) >= 11 is 6.24. The van der Waals surface area contributed by atoms with E-state index in [0.717, 1.165) is 11.3 Å². The van der Waals surface area contributed by atoms with Crippen molar-refractivity contribution in [2.24, 2.45) is 13.0 Å². The van der Waals surface area contributed by atoms with Gasteiger partial charge < -0.3 is 15.0 Å². The van der Waals surface area contributed by atoms with Crippen molar-refractivity contribution in [2.75, 3.05) is 20.2 Å². The molecule has 10 nitrogen and oxygen atoms in total. The molecule has 0 spiro atoms. The van der Waals surface area contributed by atoms with E-state index in [2.05, 4.69) is 25.6 Å². The third-order valence-electron chi connectivity index (χ3n) is 5.85. The highest BCUT2D eigenvalue weighted by atomic mass is 35.5. The van der Waals surface area contributed by atoms with Gasteiger partial charge in [0.2, 0.25) is 11.8 Å². The van der Waals surface area contributed by atoms with Crippen molar-refractivity contribution in [1.29, 1.82) is 0 Å². The first-order valence-electron chi connectivity index (χ1n) is 10.7. The summed E-state index contributed by atoms with van der Waals surface area (Å²) in [5, 5.41) is 14.7. The summed E-state index contributed by atoms with van der Waals surface area (Å²) in [6.45, 7) is 3.37. The van der Waals surface area contributed by atoms with E-state index in [9.17, 15) is 9.59 Å². The lowest BCUT2D eigenvalue weighted by Crippen LogP contribution is -2.43. The topological polar surface area (TPSA) is 118 Å². The van der Waals surface area contributed by atoms with Gasteiger partial charge in [-0.1, -0.05) is 11.6 Å². The van der Waals surface area contributed by atoms with Gasteiger partial charge in [-0.3, -0.25) is 19.4 Å². The molecule has 1 aliphatic heterocycles. The van der Waals surface area contributed by atoms with Gasteiger partial charge in [-0.05, 0) is 25.8 Å². The number of amides is 2. The lowest BCUT2D eigenvalue weighted by atomic mass is 9.95. The molecule has 2 N–H and O–H groups in total. The molecular formula is C22H26ClN7O3. The minimum atomic E-state index is -0.181. The Morgan fingerprint density at radius 1 is 1.30 bits per heavy atom. The molecule has 3 aromatic heterocycles. The number of aryl methyl sites for hydroxylation is 2. The van der Waals surface area contributed by atoms with Crippen LogP contribution in [0.3, 0.4) is 0 Å². The smallest absolute Gasteiger partial charge is 0.274 e. The number of carbonyl (C=O) groups is 2. The van der Waals surface area contributed by atoms with Crippen LogP contribution in [0.25, 0.3) is 11.3 Å². The van der Waals surface area contributed by atoms with E-state index in [1.165, 1.54) is 13.3 Å². The number of aromatic nitrogens is 5. The number of likely N-dealkylation sites (tertiary alicyclic amines) is 1. The predicted molar refractivity (Wildman–Crippen MR) is 122 cm³/mol. The van der Waals surface area contributed by atoms with Gasteiger partial charge in [-0.25, -0.2) is 4.98 Å². The van der Waals surface area contributed by atoms with E-state index in [4.69, 9.17) is 16.3 Å². The molecule has 0 aromatic carbocycles. The molecule has 174 valence electrons. The molecule has 4 rings (SSSR count). The summed E-state index contributed by atoms with van der Waals surface area (Å²) in [6.07, 6.45) is 4.61. The Morgan fingerprint density at radius 2 is 2.06 bits per heavy atom. The fraction of sp³-hybridized carbons (Fsp3) is 0.409. The van der Waals surface area contributed by atoms with Gasteiger partial charge in [0.15, 0.2) is 5.69 Å². The van der Waals surface area contributed by atoms with Gasteiger partial charge >= 0.3 is 0 Å². The van der Waals surface area contributed by atoms with E-state index in [1.54, 1.807) is 21.7 Å². The number of carbonyl (C=O) groups excluding carboxylic acids is 2. The second kappa shape index (κ2) is 9.62. The van der Waals surface area contributed by atoms with E-state index in [0.29, 0.717) is 60.3 Å². The van der Waals surface area contributed by atoms with Crippen molar-refractivity contribution >= 4 is 23.4 Å². The largest absolute Gasteiger partial charge is 0.481 e. The highest BCUT2D eigenvalue weighted by Gasteiger charge is 2.29. The molecule has 1 fully saturated rings. The van der Waals surface area contributed by atoms with Crippen LogP contribution >= 0.6 is 11.6 Å². The van der Waals surface area contributed by atoms with Crippen LogP contribution in [0.4, 0.5) is 0 Å². The summed E-state index contributed by atoms with van der Waals surface area (Å²) in [5.41, 5.74) is 3.45. The molecule has 33 heavy (non-hydrogen) atoms. The normalized spacial score (nSPS) is 14.4. The Morgan fingerprint density at radius 3 is 2.73 bits per heavy atom. The maximum absolute atomic E-state index is 12.9. The van der Waals surface area contributed by atoms with Gasteiger partial charge in [0.1, 0.15) is 0 Å². The number of H-pyrrole nitrogens is 1. The second-order valence-electron chi connectivity index (χ2n) is 8.07. The predicted octanol–water partition coefficient (Wildman–Crippen LogP) is 2.34. The molecule has 2 amide bonds. The number of nitrogens with one attached hydrogen (secondary N) is 2. The Balaban J connectivity index is 1.33. The van der Waals surface area contributed by atoms with Crippen LogP contribution in [0.15, 0.2) is 24.5 Å². The van der Waals surface area contributed by atoms with Crippen molar-refractivity contribution in [1.82, 2.24) is 35.2 Å². The Labute approximate surface area is 196 Å². The van der Waals surface area contributed by atoms with Gasteiger partial charge in [0.05, 0.1) is 29.7 Å². The van der Waals surface area contributed by atoms with Crippen LogP contribution in [0.1, 0.15) is 34.6 Å². The molecule has 11 heteroatoms. The lowest BCUT2D eigenvalue weighted by Gasteiger charge is -2.30. The Kier molecular flexibility index (Phi) is 6.64. The van der Waals surface area contributed by atoms with Crippen LogP contribution < -0.4 is 10.1 Å². The van der Waals surface area contributed by atoms with Crippen LogP contribution in [0.2, 0.25) is 5.02 Å². The number of hydrogen-bond donors (Lipinski definition) is 2. The van der Waals surface area contributed by atoms with Crippen LogP contribution in [-0.2, 0) is 18.4 Å². The molecule has 0 saturated carbocycles. The zero-order chi connectivity index (χ0) is 23.5. The molecule has 0 atom stereocenters. The number of piperidine rings is 1. The summed E-state index contributed by atoms with van der Waals surface area (Å²) < 4.78 is 6.88. The van der Waals surface area contributed by atoms with E-state index in [1.807, 2.05) is 20.2 Å². The number of halogens is 1. The zero-order valence-electron chi connectivity index (χ0n) is 18.8. The summed E-state index contributed by atoms with van der Waals surface area (Å²) in [4.78, 5) is 31.3. The summed E-state index contributed by atoms with van der Waals surface area (Å²) in [7, 11) is 3.38. The van der Waals surface area contributed by atoms with Crippen LogP contribution in [0.5, 0.6) is 5.88 Å². The van der Waals surface area contributed by atoms with E-state index >= 15 is 0 Å². The second-order valence-corrected chi connectivity index (χ2v) is 8.48. The number of ether oxygens (including phenoxy) is 1. The number of aromatic amines is 1. The first-order valence-corrected chi connectivity index (χ1v) is 11.0. The SMILES string of the molecule is COc1cc(-c2cc(C(=O)N3CCC(C(=O)NCc4cn(C)nc4C)CC3)n[nH]2)c(Cl)cn1. The molecular weight excluding hydrogens is 446 g/mol. The number of hydrogen-bond acceptors (Lipinski definition) is 6. The van der Waals surface area contributed by atoms with E-state index < -0.39 is 0 Å². The quantitative estimate of drug-likeness (QED) is 0.569. The minimum Gasteiger partial charge on any atom is -0.481 e. The highest BCUT2D eigenvalue weighted by Crippen LogP contribution is 2.29. The van der Waals surface area contributed by atoms with E-state index in [-0.39, 0.29) is 17.7 Å². The molecule has 0 radical (unpaired) electrons. The van der Waals surface area contributed by atoms with Crippen molar-refractivity contribution in [2.45, 2.75) is 26.3 Å². The highest BCUT2D eigenvalue weighted by molar-refractivity contribution is 6.33. The van der Waals surface area contributed by atoms with Crippen molar-refractivity contribution in [3.8, 4) is 17.1 Å². The summed E-state index contributed by atoms with van der Waals surface area (Å²) in [5.74, 6) is 0.118. The molecule has 0 unspecified atom stereocenters. The van der Waals surface area contributed by atoms with Crippen LogP contribution in [-0.4, -0.2) is 61.9 Å². The standard InChI is InChI=1S/C22H26ClN7O3/c1-13-15(12-29(2)28-13)10-25-21(31)14-4-6-30(7-5-14)22(32)19-9-18(26-27-19)16-8-20(33-3)24-11-17(16)23/h8-9,11-12,14H,4-7,10H2,1-3H3,(H,25,31)(H,26,27). The summed E-state index contributed by atoms with van der Waals surface area (Å²) in [6, 6.07) is 3.35. The number of rotatable bonds is 6. The monoisotopic (exact) mass is 471 g/mol. The molecule has 0 aliphatic carbocycles. The maximum Gasteiger partial charge on any atom is 0.274 e. The third-order valence-corrected chi connectivity index (χ3v) is 6.15.